The monoisotopic (exact) mass is 162 g/mol. The van der Waals surface area contributed by atoms with Crippen LogP contribution < -0.4 is 0 Å². The average molecular weight is 162 g/mol. The highest BCUT2D eigenvalue weighted by Gasteiger charge is 2.03. The summed E-state index contributed by atoms with van der Waals surface area (Å²) < 4.78 is 5.22. The number of hydrogen-bond donors (Lipinski definition) is 0. The Bertz CT molecular complexity index is 141. The van der Waals surface area contributed by atoms with Crippen LogP contribution in [0.3, 0.4) is 0 Å². The summed E-state index contributed by atoms with van der Waals surface area (Å²) in [5.74, 6) is 3.33. The highest BCUT2D eigenvalue weighted by molar-refractivity contribution is 8.15. The van der Waals surface area contributed by atoms with E-state index in [1.54, 1.807) is 11.6 Å². The van der Waals surface area contributed by atoms with Crippen LogP contribution in [0.4, 0.5) is 0 Å². The van der Waals surface area contributed by atoms with E-state index in [0.717, 1.165) is 0 Å². The summed E-state index contributed by atoms with van der Waals surface area (Å²) in [4.78, 5) is 0. The van der Waals surface area contributed by atoms with Gasteiger partial charge in [-0.1, -0.05) is 25.0 Å². The van der Waals surface area contributed by atoms with E-state index in [4.69, 9.17) is 16.3 Å². The van der Waals surface area contributed by atoms with E-state index in [0.29, 0.717) is 6.61 Å². The Morgan fingerprint density at radius 2 is 2.00 bits per heavy atom. The van der Waals surface area contributed by atoms with Gasteiger partial charge in [-0.15, -0.1) is 0 Å². The fourth-order valence-electron chi connectivity index (χ4n) is 0.382. The smallest absolute Gasteiger partial charge is 0.108 e. The van der Waals surface area contributed by atoms with Gasteiger partial charge in [0.1, 0.15) is 6.26 Å². The summed E-state index contributed by atoms with van der Waals surface area (Å²) in [5.41, 5.74) is 0. The molecule has 9 heavy (non-hydrogen) atoms. The molecule has 3 heteroatoms. The lowest BCUT2D eigenvalue weighted by Gasteiger charge is -2.10. The molecule has 0 aromatic rings. The molecule has 52 valence electrons. The molecule has 0 bridgehead atoms. The van der Waals surface area contributed by atoms with Gasteiger partial charge in [0.2, 0.25) is 0 Å². The lowest BCUT2D eigenvalue weighted by molar-refractivity contribution is 0.385. The topological polar surface area (TPSA) is 9.23 Å². The first-order valence-corrected chi connectivity index (χ1v) is 5.55. The van der Waals surface area contributed by atoms with E-state index in [2.05, 4.69) is 13.2 Å². The molecule has 0 radical (unpaired) electrons. The number of rotatable bonds is 4. The Labute approximate surface area is 61.5 Å². The van der Waals surface area contributed by atoms with Gasteiger partial charge in [0.15, 0.2) is 0 Å². The quantitative estimate of drug-likeness (QED) is 0.588. The van der Waals surface area contributed by atoms with Crippen LogP contribution >= 0.6 is 6.26 Å². The van der Waals surface area contributed by atoms with Gasteiger partial charge >= 0.3 is 0 Å². The normalized spacial score (nSPS) is 10.8. The zero-order chi connectivity index (χ0) is 7.33. The van der Waals surface area contributed by atoms with Gasteiger partial charge in [0.25, 0.3) is 0 Å². The fraction of sp³-hybridized carbons (Fsp3) is 0.333. The van der Waals surface area contributed by atoms with Crippen molar-refractivity contribution in [1.82, 2.24) is 0 Å². The van der Waals surface area contributed by atoms with Crippen LogP contribution in [0.15, 0.2) is 24.8 Å². The fourth-order valence-corrected chi connectivity index (χ4v) is 1.46. The SMILES string of the molecule is C=CP(=S)(C=C)OCC. The molecule has 1 nitrogen and oxygen atoms in total. The first-order valence-electron chi connectivity index (χ1n) is 2.69. The van der Waals surface area contributed by atoms with Crippen LogP contribution in [0.5, 0.6) is 0 Å². The van der Waals surface area contributed by atoms with Crippen molar-refractivity contribution in [2.75, 3.05) is 6.61 Å². The lowest BCUT2D eigenvalue weighted by Crippen LogP contribution is -1.81. The van der Waals surface area contributed by atoms with Crippen LogP contribution in [-0.2, 0) is 16.3 Å². The average Bonchev–Trinajstić information content (AvgIpc) is 1.89. The van der Waals surface area contributed by atoms with Crippen LogP contribution in [-0.4, -0.2) is 6.61 Å². The first kappa shape index (κ1) is 9.09. The predicted molar refractivity (Wildman–Crippen MR) is 46.3 cm³/mol. The van der Waals surface area contributed by atoms with Gasteiger partial charge in [-0.2, -0.15) is 0 Å². The van der Waals surface area contributed by atoms with Crippen molar-refractivity contribution in [1.29, 1.82) is 0 Å². The molecule has 0 aliphatic carbocycles. The van der Waals surface area contributed by atoms with E-state index in [1.807, 2.05) is 6.92 Å². The second-order valence-corrected chi connectivity index (χ2v) is 5.42. The van der Waals surface area contributed by atoms with Crippen molar-refractivity contribution in [2.45, 2.75) is 6.92 Å². The predicted octanol–water partition coefficient (Wildman–Crippen LogP) is 2.70. The van der Waals surface area contributed by atoms with Gasteiger partial charge in [-0.3, -0.25) is 0 Å². The molecular formula is C6H11OPS. The molecule has 0 heterocycles. The van der Waals surface area contributed by atoms with Crippen molar-refractivity contribution in [2.24, 2.45) is 0 Å². The largest absolute Gasteiger partial charge is 0.344 e. The Hall–Kier alpha value is 0.0900. The summed E-state index contributed by atoms with van der Waals surface area (Å²) in [5, 5.41) is 0. The molecule has 0 aromatic carbocycles. The highest BCUT2D eigenvalue weighted by atomic mass is 32.4. The minimum atomic E-state index is -1.82. The van der Waals surface area contributed by atoms with E-state index in [9.17, 15) is 0 Å². The minimum absolute atomic E-state index is 0.634. The highest BCUT2D eigenvalue weighted by Crippen LogP contribution is 2.49. The summed E-state index contributed by atoms with van der Waals surface area (Å²) in [7, 11) is 0. The minimum Gasteiger partial charge on any atom is -0.344 e. The van der Waals surface area contributed by atoms with Gasteiger partial charge in [0.05, 0.1) is 0 Å². The zero-order valence-electron chi connectivity index (χ0n) is 5.54. The molecule has 0 rings (SSSR count). The Morgan fingerprint density at radius 1 is 1.56 bits per heavy atom. The molecular weight excluding hydrogens is 151 g/mol. The van der Waals surface area contributed by atoms with E-state index in [1.165, 1.54) is 0 Å². The first-order chi connectivity index (χ1) is 4.18. The van der Waals surface area contributed by atoms with E-state index < -0.39 is 6.26 Å². The third-order valence-electron chi connectivity index (χ3n) is 0.840. The summed E-state index contributed by atoms with van der Waals surface area (Å²) >= 11 is 5.06. The molecule has 0 aliphatic heterocycles. The summed E-state index contributed by atoms with van der Waals surface area (Å²) in [6.07, 6.45) is -1.82. The van der Waals surface area contributed by atoms with Gasteiger partial charge in [-0.25, -0.2) is 0 Å². The summed E-state index contributed by atoms with van der Waals surface area (Å²) in [6, 6.07) is 0. The van der Waals surface area contributed by atoms with E-state index >= 15 is 0 Å². The Morgan fingerprint density at radius 3 is 2.11 bits per heavy atom. The van der Waals surface area contributed by atoms with Gasteiger partial charge in [0, 0.05) is 6.61 Å². The second kappa shape index (κ2) is 3.99. The lowest BCUT2D eigenvalue weighted by atomic mass is 10.9. The standard InChI is InChI=1S/C6H11OPS/c1-4-7-8(9,5-2)6-3/h5-6H,2-4H2,1H3. The molecule has 0 saturated heterocycles. The van der Waals surface area contributed by atoms with Crippen molar-refractivity contribution >= 4 is 18.1 Å². The number of hydrogen-bond acceptors (Lipinski definition) is 2. The second-order valence-electron chi connectivity index (χ2n) is 1.43. The third kappa shape index (κ3) is 2.95. The van der Waals surface area contributed by atoms with E-state index in [-0.39, 0.29) is 0 Å². The molecule has 0 aliphatic rings. The Kier molecular flexibility index (Phi) is 4.03. The van der Waals surface area contributed by atoms with Gasteiger partial charge < -0.3 is 4.52 Å². The molecule has 0 atom stereocenters. The molecule has 0 saturated carbocycles. The van der Waals surface area contributed by atoms with Crippen LogP contribution in [0.2, 0.25) is 0 Å². The van der Waals surface area contributed by atoms with Crippen LogP contribution in [0, 0.1) is 0 Å². The van der Waals surface area contributed by atoms with Crippen molar-refractivity contribution < 1.29 is 4.52 Å². The van der Waals surface area contributed by atoms with Crippen molar-refractivity contribution in [3.63, 3.8) is 0 Å². The molecule has 0 unspecified atom stereocenters. The molecule has 0 spiro atoms. The molecule has 0 fully saturated rings. The third-order valence-corrected chi connectivity index (χ3v) is 3.73. The zero-order valence-corrected chi connectivity index (χ0v) is 7.25. The Balaban J connectivity index is 4.10. The molecule has 0 aromatic heterocycles. The maximum absolute atomic E-state index is 5.22. The van der Waals surface area contributed by atoms with Crippen molar-refractivity contribution in [3.8, 4) is 0 Å². The van der Waals surface area contributed by atoms with Crippen LogP contribution in [0.25, 0.3) is 0 Å². The molecule has 0 amide bonds. The van der Waals surface area contributed by atoms with Crippen LogP contribution in [0.1, 0.15) is 6.92 Å². The van der Waals surface area contributed by atoms with Gasteiger partial charge in [-0.05, 0) is 18.6 Å². The maximum Gasteiger partial charge on any atom is 0.108 e. The van der Waals surface area contributed by atoms with Crippen molar-refractivity contribution in [3.05, 3.63) is 24.8 Å². The summed E-state index contributed by atoms with van der Waals surface area (Å²) in [6.45, 7) is 9.69. The maximum atomic E-state index is 5.22. The molecule has 0 N–H and O–H groups in total.